The van der Waals surface area contributed by atoms with E-state index in [1.165, 1.54) is 0 Å². The van der Waals surface area contributed by atoms with Crippen LogP contribution in [-0.4, -0.2) is 29.0 Å². The lowest BCUT2D eigenvalue weighted by atomic mass is 10.1. The summed E-state index contributed by atoms with van der Waals surface area (Å²) >= 11 is 12.0. The van der Waals surface area contributed by atoms with E-state index in [2.05, 4.69) is 15.0 Å². The van der Waals surface area contributed by atoms with E-state index in [0.29, 0.717) is 11.7 Å². The lowest BCUT2D eigenvalue weighted by Crippen LogP contribution is -2.13. The first kappa shape index (κ1) is 14.8. The second-order valence-electron chi connectivity index (χ2n) is 4.55. The second kappa shape index (κ2) is 5.81. The SMILES string of the molecule is Cc1cc(Oc2nc(Cl)nc(N(C)C)n2)cc(C)c1Cl. The minimum Gasteiger partial charge on any atom is -0.424 e. The van der Waals surface area contributed by atoms with Gasteiger partial charge < -0.3 is 9.64 Å². The van der Waals surface area contributed by atoms with Crippen LogP contribution in [0.1, 0.15) is 11.1 Å². The molecule has 7 heteroatoms. The molecule has 0 fully saturated rings. The number of aryl methyl sites for hydroxylation is 2. The van der Waals surface area contributed by atoms with Crippen LogP contribution < -0.4 is 9.64 Å². The summed E-state index contributed by atoms with van der Waals surface area (Å²) in [5, 5.41) is 0.807. The number of hydrogen-bond donors (Lipinski definition) is 0. The van der Waals surface area contributed by atoms with Gasteiger partial charge in [-0.05, 0) is 48.7 Å². The van der Waals surface area contributed by atoms with E-state index in [9.17, 15) is 0 Å². The highest BCUT2D eigenvalue weighted by molar-refractivity contribution is 6.32. The number of aromatic nitrogens is 3. The van der Waals surface area contributed by atoms with Crippen LogP contribution in [0.25, 0.3) is 0 Å². The lowest BCUT2D eigenvalue weighted by Gasteiger charge is -2.12. The summed E-state index contributed by atoms with van der Waals surface area (Å²) < 4.78 is 5.63. The van der Waals surface area contributed by atoms with Crippen molar-refractivity contribution in [2.45, 2.75) is 13.8 Å². The van der Waals surface area contributed by atoms with Gasteiger partial charge in [-0.3, -0.25) is 0 Å². The maximum absolute atomic E-state index is 6.12. The standard InChI is InChI=1S/C13H14Cl2N4O/c1-7-5-9(6-8(2)10(7)14)20-13-17-11(15)16-12(18-13)19(3)4/h5-6H,1-4H3. The molecule has 106 valence electrons. The van der Waals surface area contributed by atoms with Crippen molar-refractivity contribution in [1.82, 2.24) is 15.0 Å². The van der Waals surface area contributed by atoms with Crippen LogP contribution in [0.3, 0.4) is 0 Å². The molecule has 5 nitrogen and oxygen atoms in total. The number of rotatable bonds is 3. The van der Waals surface area contributed by atoms with Crippen molar-refractivity contribution in [2.24, 2.45) is 0 Å². The first-order chi connectivity index (χ1) is 9.36. The maximum atomic E-state index is 6.12. The molecule has 0 radical (unpaired) electrons. The van der Waals surface area contributed by atoms with Gasteiger partial charge in [0.1, 0.15) is 5.75 Å². The highest BCUT2D eigenvalue weighted by atomic mass is 35.5. The lowest BCUT2D eigenvalue weighted by molar-refractivity contribution is 0.439. The summed E-state index contributed by atoms with van der Waals surface area (Å²) in [6.45, 7) is 3.82. The zero-order chi connectivity index (χ0) is 14.9. The van der Waals surface area contributed by atoms with Gasteiger partial charge >= 0.3 is 6.01 Å². The summed E-state index contributed by atoms with van der Waals surface area (Å²) in [5.74, 6) is 1.04. The van der Waals surface area contributed by atoms with E-state index in [0.717, 1.165) is 16.1 Å². The van der Waals surface area contributed by atoms with Crippen molar-refractivity contribution >= 4 is 29.2 Å². The van der Waals surface area contributed by atoms with Crippen molar-refractivity contribution < 1.29 is 4.74 Å². The van der Waals surface area contributed by atoms with Crippen molar-refractivity contribution in [3.8, 4) is 11.8 Å². The molecular weight excluding hydrogens is 299 g/mol. The third-order valence-corrected chi connectivity index (χ3v) is 3.36. The molecule has 1 heterocycles. The minimum absolute atomic E-state index is 0.0844. The Kier molecular flexibility index (Phi) is 4.30. The molecule has 0 saturated heterocycles. The highest BCUT2D eigenvalue weighted by Gasteiger charge is 2.10. The van der Waals surface area contributed by atoms with E-state index in [4.69, 9.17) is 27.9 Å². The van der Waals surface area contributed by atoms with E-state index in [1.807, 2.05) is 40.1 Å². The Morgan fingerprint density at radius 3 is 2.15 bits per heavy atom. The van der Waals surface area contributed by atoms with Crippen molar-refractivity contribution in [3.63, 3.8) is 0 Å². The molecule has 0 aliphatic rings. The average Bonchev–Trinajstić information content (AvgIpc) is 2.35. The van der Waals surface area contributed by atoms with E-state index < -0.39 is 0 Å². The quantitative estimate of drug-likeness (QED) is 0.865. The van der Waals surface area contributed by atoms with E-state index in [-0.39, 0.29) is 11.3 Å². The van der Waals surface area contributed by atoms with Gasteiger partial charge in [0.05, 0.1) is 0 Å². The molecule has 0 unspecified atom stereocenters. The first-order valence-corrected chi connectivity index (χ1v) is 6.66. The molecule has 20 heavy (non-hydrogen) atoms. The third-order valence-electron chi connectivity index (χ3n) is 2.59. The number of hydrogen-bond acceptors (Lipinski definition) is 5. The van der Waals surface area contributed by atoms with Crippen LogP contribution in [0.4, 0.5) is 5.95 Å². The molecule has 2 aromatic rings. The first-order valence-electron chi connectivity index (χ1n) is 5.90. The molecule has 0 saturated carbocycles. The molecule has 0 spiro atoms. The highest BCUT2D eigenvalue weighted by Crippen LogP contribution is 2.28. The van der Waals surface area contributed by atoms with Crippen LogP contribution in [-0.2, 0) is 0 Å². The van der Waals surface area contributed by atoms with Crippen LogP contribution in [0.5, 0.6) is 11.8 Å². The summed E-state index contributed by atoms with van der Waals surface area (Å²) in [7, 11) is 3.62. The molecule has 1 aromatic carbocycles. The van der Waals surface area contributed by atoms with Gasteiger partial charge in [-0.1, -0.05) is 11.6 Å². The van der Waals surface area contributed by atoms with Gasteiger partial charge in [0, 0.05) is 19.1 Å². The summed E-state index contributed by atoms with van der Waals surface area (Å²) in [4.78, 5) is 13.8. The fraction of sp³-hybridized carbons (Fsp3) is 0.308. The maximum Gasteiger partial charge on any atom is 0.328 e. The Labute approximate surface area is 127 Å². The zero-order valence-corrected chi connectivity index (χ0v) is 13.1. The van der Waals surface area contributed by atoms with Gasteiger partial charge in [-0.2, -0.15) is 15.0 Å². The number of benzene rings is 1. The monoisotopic (exact) mass is 312 g/mol. The Morgan fingerprint density at radius 1 is 1.00 bits per heavy atom. The summed E-state index contributed by atoms with van der Waals surface area (Å²) in [5.41, 5.74) is 1.85. The van der Waals surface area contributed by atoms with Crippen molar-refractivity contribution in [3.05, 3.63) is 33.6 Å². The van der Waals surface area contributed by atoms with Crippen molar-refractivity contribution in [1.29, 1.82) is 0 Å². The smallest absolute Gasteiger partial charge is 0.328 e. The zero-order valence-electron chi connectivity index (χ0n) is 11.6. The topological polar surface area (TPSA) is 51.1 Å². The Balaban J connectivity index is 2.35. The Bertz CT molecular complexity index is 623. The van der Waals surface area contributed by atoms with Gasteiger partial charge in [0.25, 0.3) is 0 Å². The van der Waals surface area contributed by atoms with E-state index in [1.54, 1.807) is 4.90 Å². The molecule has 1 aromatic heterocycles. The molecular formula is C13H14Cl2N4O. The largest absolute Gasteiger partial charge is 0.424 e. The average molecular weight is 313 g/mol. The van der Waals surface area contributed by atoms with Crippen molar-refractivity contribution in [2.75, 3.05) is 19.0 Å². The van der Waals surface area contributed by atoms with Crippen LogP contribution >= 0.6 is 23.2 Å². The number of halogens is 2. The fourth-order valence-corrected chi connectivity index (χ4v) is 1.90. The third kappa shape index (κ3) is 3.29. The predicted octanol–water partition coefficient (Wildman–Crippen LogP) is 3.65. The molecule has 0 bridgehead atoms. The Morgan fingerprint density at radius 2 is 1.60 bits per heavy atom. The van der Waals surface area contributed by atoms with Gasteiger partial charge in [-0.25, -0.2) is 0 Å². The van der Waals surface area contributed by atoms with Crippen LogP contribution in [0.15, 0.2) is 12.1 Å². The minimum atomic E-state index is 0.0844. The van der Waals surface area contributed by atoms with Crippen LogP contribution in [0, 0.1) is 13.8 Å². The molecule has 0 aliphatic heterocycles. The molecule has 0 amide bonds. The fourth-order valence-electron chi connectivity index (χ4n) is 1.64. The number of nitrogens with zero attached hydrogens (tertiary/aromatic N) is 4. The predicted molar refractivity (Wildman–Crippen MR) is 80.2 cm³/mol. The second-order valence-corrected chi connectivity index (χ2v) is 5.27. The summed E-state index contributed by atoms with van der Waals surface area (Å²) in [6.07, 6.45) is 0. The molecule has 0 atom stereocenters. The van der Waals surface area contributed by atoms with Crippen LogP contribution in [0.2, 0.25) is 10.3 Å². The summed E-state index contributed by atoms with van der Waals surface area (Å²) in [6, 6.07) is 3.79. The van der Waals surface area contributed by atoms with Gasteiger partial charge in [0.2, 0.25) is 11.2 Å². The molecule has 2 rings (SSSR count). The molecule has 0 N–H and O–H groups in total. The normalized spacial score (nSPS) is 10.5. The Hall–Kier alpha value is -1.59. The number of ether oxygens (including phenoxy) is 1. The van der Waals surface area contributed by atoms with Gasteiger partial charge in [-0.15, -0.1) is 0 Å². The van der Waals surface area contributed by atoms with E-state index >= 15 is 0 Å². The van der Waals surface area contributed by atoms with Gasteiger partial charge in [0.15, 0.2) is 0 Å². The molecule has 0 aliphatic carbocycles. The number of anilines is 1.